The fraction of sp³-hybridized carbons (Fsp3) is 0.579. The molecule has 1 aromatic rings. The molecule has 26 heavy (non-hydrogen) atoms. The molecular weight excluding hydrogens is 334 g/mol. The summed E-state index contributed by atoms with van der Waals surface area (Å²) in [6.45, 7) is 5.43. The molecule has 0 bridgehead atoms. The number of hydrogen-bond acceptors (Lipinski definition) is 5. The smallest absolute Gasteiger partial charge is 0.410 e. The molecule has 2 saturated heterocycles. The second-order valence-corrected chi connectivity index (χ2v) is 6.94. The van der Waals surface area contributed by atoms with E-state index in [1.807, 2.05) is 29.2 Å². The van der Waals surface area contributed by atoms with Gasteiger partial charge in [0.2, 0.25) is 5.91 Å². The molecule has 2 heterocycles. The molecule has 0 aromatic heterocycles. The first-order valence-corrected chi connectivity index (χ1v) is 9.13. The summed E-state index contributed by atoms with van der Waals surface area (Å²) in [4.78, 5) is 28.0. The normalized spacial score (nSPS) is 22.7. The highest BCUT2D eigenvalue weighted by molar-refractivity contribution is 5.78. The van der Waals surface area contributed by atoms with Crippen molar-refractivity contribution in [1.82, 2.24) is 15.1 Å². The molecule has 0 saturated carbocycles. The number of piperazine rings is 1. The zero-order chi connectivity index (χ0) is 18.6. The number of carbonyl (C=O) groups excluding carboxylic acids is 2. The summed E-state index contributed by atoms with van der Waals surface area (Å²) in [5, 5.41) is 2.98. The van der Waals surface area contributed by atoms with Crippen LogP contribution in [0.15, 0.2) is 24.3 Å². The van der Waals surface area contributed by atoms with Crippen molar-refractivity contribution in [3.8, 4) is 5.75 Å². The Morgan fingerprint density at radius 3 is 2.77 bits per heavy atom. The number of amides is 2. The van der Waals surface area contributed by atoms with Crippen molar-refractivity contribution in [3.05, 3.63) is 29.8 Å². The van der Waals surface area contributed by atoms with Gasteiger partial charge < -0.3 is 14.8 Å². The first-order valence-electron chi connectivity index (χ1n) is 9.13. The minimum atomic E-state index is -0.279. The van der Waals surface area contributed by atoms with E-state index in [1.165, 1.54) is 0 Å². The summed E-state index contributed by atoms with van der Waals surface area (Å²) in [7, 11) is 1.64. The number of nitrogens with zero attached hydrogens (tertiary/aromatic N) is 2. The van der Waals surface area contributed by atoms with Crippen molar-refractivity contribution in [2.45, 2.75) is 25.3 Å². The van der Waals surface area contributed by atoms with Crippen LogP contribution in [0.2, 0.25) is 0 Å². The van der Waals surface area contributed by atoms with Crippen LogP contribution in [0.1, 0.15) is 18.9 Å². The van der Waals surface area contributed by atoms with E-state index in [1.54, 1.807) is 7.11 Å². The van der Waals surface area contributed by atoms with E-state index in [0.29, 0.717) is 39.3 Å². The lowest BCUT2D eigenvalue weighted by molar-refractivity contribution is -0.123. The van der Waals surface area contributed by atoms with Gasteiger partial charge in [-0.1, -0.05) is 19.1 Å². The Morgan fingerprint density at radius 1 is 1.31 bits per heavy atom. The van der Waals surface area contributed by atoms with Crippen LogP contribution in [0, 0.1) is 0 Å². The Hall–Kier alpha value is -2.28. The zero-order valence-corrected chi connectivity index (χ0v) is 15.5. The first kappa shape index (κ1) is 18.5. The van der Waals surface area contributed by atoms with Crippen LogP contribution < -0.4 is 10.1 Å². The average molecular weight is 361 g/mol. The standard InChI is InChI=1S/C19H27N3O4/c1-3-19-13-21(10-11-22(19)18(24)26-14-19)12-17(23)20-9-8-15-4-6-16(25-2)7-5-15/h4-7H,3,8-14H2,1-2H3,(H,20,23). The van der Waals surface area contributed by atoms with Crippen molar-refractivity contribution in [1.29, 1.82) is 0 Å². The Balaban J connectivity index is 1.44. The summed E-state index contributed by atoms with van der Waals surface area (Å²) in [5.41, 5.74) is 0.880. The van der Waals surface area contributed by atoms with E-state index in [2.05, 4.69) is 17.1 Å². The van der Waals surface area contributed by atoms with Crippen molar-refractivity contribution in [2.75, 3.05) is 46.4 Å². The molecule has 1 unspecified atom stereocenters. The third-order valence-electron chi connectivity index (χ3n) is 5.34. The number of benzene rings is 1. The second-order valence-electron chi connectivity index (χ2n) is 6.94. The lowest BCUT2D eigenvalue weighted by Crippen LogP contribution is -2.62. The molecule has 3 rings (SSSR count). The van der Waals surface area contributed by atoms with Gasteiger partial charge in [-0.25, -0.2) is 4.79 Å². The molecule has 2 fully saturated rings. The zero-order valence-electron chi connectivity index (χ0n) is 15.5. The van der Waals surface area contributed by atoms with E-state index in [9.17, 15) is 9.59 Å². The Morgan fingerprint density at radius 2 is 2.08 bits per heavy atom. The lowest BCUT2D eigenvalue weighted by Gasteiger charge is -2.44. The Bertz CT molecular complexity index is 649. The molecule has 2 amide bonds. The molecular formula is C19H27N3O4. The molecule has 142 valence electrons. The highest BCUT2D eigenvalue weighted by Crippen LogP contribution is 2.31. The third-order valence-corrected chi connectivity index (χ3v) is 5.34. The monoisotopic (exact) mass is 361 g/mol. The summed E-state index contributed by atoms with van der Waals surface area (Å²) in [6.07, 6.45) is 1.38. The van der Waals surface area contributed by atoms with Gasteiger partial charge in [0.25, 0.3) is 0 Å². The number of rotatable bonds is 7. The average Bonchev–Trinajstić information content (AvgIpc) is 2.99. The van der Waals surface area contributed by atoms with Crippen molar-refractivity contribution < 1.29 is 19.1 Å². The summed E-state index contributed by atoms with van der Waals surface area (Å²) in [6, 6.07) is 7.86. The number of fused-ring (bicyclic) bond motifs is 1. The first-order chi connectivity index (χ1) is 12.6. The largest absolute Gasteiger partial charge is 0.497 e. The molecule has 0 spiro atoms. The molecule has 7 heteroatoms. The molecule has 1 atom stereocenters. The van der Waals surface area contributed by atoms with E-state index in [-0.39, 0.29) is 17.5 Å². The maximum absolute atomic E-state index is 12.3. The predicted octanol–water partition coefficient (Wildman–Crippen LogP) is 1.27. The van der Waals surface area contributed by atoms with Gasteiger partial charge in [-0.3, -0.25) is 14.6 Å². The molecule has 0 radical (unpaired) electrons. The SMILES string of the molecule is CCC12COC(=O)N1CCN(CC(=O)NCCc1ccc(OC)cc1)C2. The van der Waals surface area contributed by atoms with Crippen LogP contribution in [0.5, 0.6) is 5.75 Å². The molecule has 7 nitrogen and oxygen atoms in total. The number of hydrogen-bond donors (Lipinski definition) is 1. The lowest BCUT2D eigenvalue weighted by atomic mass is 9.93. The predicted molar refractivity (Wildman–Crippen MR) is 97.2 cm³/mol. The van der Waals surface area contributed by atoms with Crippen LogP contribution >= 0.6 is 0 Å². The number of methoxy groups -OCH3 is 1. The minimum Gasteiger partial charge on any atom is -0.497 e. The fourth-order valence-electron chi connectivity index (χ4n) is 3.68. The summed E-state index contributed by atoms with van der Waals surface area (Å²) >= 11 is 0. The summed E-state index contributed by atoms with van der Waals surface area (Å²) < 4.78 is 10.4. The molecule has 1 aromatic carbocycles. The van der Waals surface area contributed by atoms with Crippen LogP contribution in [0.3, 0.4) is 0 Å². The van der Waals surface area contributed by atoms with E-state index < -0.39 is 0 Å². The highest BCUT2D eigenvalue weighted by Gasteiger charge is 2.49. The van der Waals surface area contributed by atoms with Crippen LogP contribution in [0.25, 0.3) is 0 Å². The third kappa shape index (κ3) is 3.93. The van der Waals surface area contributed by atoms with Gasteiger partial charge in [0.15, 0.2) is 0 Å². The van der Waals surface area contributed by atoms with Crippen molar-refractivity contribution >= 4 is 12.0 Å². The van der Waals surface area contributed by atoms with Crippen LogP contribution in [-0.4, -0.2) is 73.8 Å². The number of cyclic esters (lactones) is 1. The fourth-order valence-corrected chi connectivity index (χ4v) is 3.68. The van der Waals surface area contributed by atoms with E-state index in [4.69, 9.17) is 9.47 Å². The quantitative estimate of drug-likeness (QED) is 0.792. The maximum Gasteiger partial charge on any atom is 0.410 e. The second kappa shape index (κ2) is 7.95. The van der Waals surface area contributed by atoms with Gasteiger partial charge in [0.05, 0.1) is 19.2 Å². The van der Waals surface area contributed by atoms with E-state index in [0.717, 1.165) is 24.2 Å². The minimum absolute atomic E-state index is 0.0171. The molecule has 1 N–H and O–H groups in total. The Labute approximate surface area is 154 Å². The van der Waals surface area contributed by atoms with E-state index >= 15 is 0 Å². The van der Waals surface area contributed by atoms with Crippen LogP contribution in [0.4, 0.5) is 4.79 Å². The van der Waals surface area contributed by atoms with Crippen LogP contribution in [-0.2, 0) is 16.0 Å². The highest BCUT2D eigenvalue weighted by atomic mass is 16.6. The number of carbonyl (C=O) groups is 2. The van der Waals surface area contributed by atoms with Gasteiger partial charge in [0.1, 0.15) is 12.4 Å². The molecule has 0 aliphatic carbocycles. The molecule has 2 aliphatic rings. The number of nitrogens with one attached hydrogen (secondary N) is 1. The van der Waals surface area contributed by atoms with Gasteiger partial charge in [0, 0.05) is 26.2 Å². The Kier molecular flexibility index (Phi) is 5.66. The summed E-state index contributed by atoms with van der Waals surface area (Å²) in [5.74, 6) is 0.847. The van der Waals surface area contributed by atoms with Gasteiger partial charge >= 0.3 is 6.09 Å². The topological polar surface area (TPSA) is 71.1 Å². The van der Waals surface area contributed by atoms with Gasteiger partial charge in [-0.2, -0.15) is 0 Å². The van der Waals surface area contributed by atoms with Crippen molar-refractivity contribution in [3.63, 3.8) is 0 Å². The van der Waals surface area contributed by atoms with Gasteiger partial charge in [-0.05, 0) is 30.5 Å². The maximum atomic E-state index is 12.3. The van der Waals surface area contributed by atoms with Crippen molar-refractivity contribution in [2.24, 2.45) is 0 Å². The number of ether oxygens (including phenoxy) is 2. The van der Waals surface area contributed by atoms with Gasteiger partial charge in [-0.15, -0.1) is 0 Å². The molecule has 2 aliphatic heterocycles.